The smallest absolute Gasteiger partial charge is 0.332 e. The number of hydrogen-bond acceptors (Lipinski definition) is 3. The first kappa shape index (κ1) is 12.8. The summed E-state index contributed by atoms with van der Waals surface area (Å²) in [5.74, 6) is -0.0918. The summed E-state index contributed by atoms with van der Waals surface area (Å²) in [5.41, 5.74) is -0.772. The van der Waals surface area contributed by atoms with Crippen molar-refractivity contribution < 1.29 is 14.3 Å². The highest BCUT2D eigenvalue weighted by Gasteiger charge is 2.61. The fourth-order valence-corrected chi connectivity index (χ4v) is 2.01. The van der Waals surface area contributed by atoms with Gasteiger partial charge in [0.25, 0.3) is 0 Å². The van der Waals surface area contributed by atoms with Crippen molar-refractivity contribution in [2.45, 2.75) is 38.6 Å². The summed E-state index contributed by atoms with van der Waals surface area (Å²) in [6.45, 7) is 4.17. The summed E-state index contributed by atoms with van der Waals surface area (Å²) in [6, 6.07) is -0.327. The van der Waals surface area contributed by atoms with E-state index >= 15 is 0 Å². The molecule has 1 aliphatic rings. The van der Waals surface area contributed by atoms with Crippen molar-refractivity contribution in [3.8, 4) is 0 Å². The number of esters is 1. The first-order chi connectivity index (χ1) is 7.60. The van der Waals surface area contributed by atoms with E-state index < -0.39 is 5.54 Å². The van der Waals surface area contributed by atoms with E-state index in [1.165, 1.54) is 7.05 Å². The summed E-state index contributed by atoms with van der Waals surface area (Å²) in [4.78, 5) is 23.1. The van der Waals surface area contributed by atoms with Gasteiger partial charge >= 0.3 is 12.0 Å². The molecule has 2 N–H and O–H groups in total. The first-order valence-electron chi connectivity index (χ1n) is 5.77. The van der Waals surface area contributed by atoms with E-state index in [4.69, 9.17) is 4.74 Å². The monoisotopic (exact) mass is 228 g/mol. The lowest BCUT2D eigenvalue weighted by Crippen LogP contribution is -2.49. The minimum atomic E-state index is -0.772. The molecule has 0 aromatic rings. The number of amides is 2. The summed E-state index contributed by atoms with van der Waals surface area (Å²) in [7, 11) is 1.53. The fourth-order valence-electron chi connectivity index (χ4n) is 2.01. The third kappa shape index (κ3) is 2.46. The van der Waals surface area contributed by atoms with Crippen LogP contribution in [0.5, 0.6) is 0 Å². The Labute approximate surface area is 95.9 Å². The summed E-state index contributed by atoms with van der Waals surface area (Å²) in [6.07, 6.45) is 2.62. The quantitative estimate of drug-likeness (QED) is 0.691. The second-order valence-electron chi connectivity index (χ2n) is 4.09. The van der Waals surface area contributed by atoms with Gasteiger partial charge in [0.2, 0.25) is 0 Å². The Balaban J connectivity index is 2.65. The van der Waals surface area contributed by atoms with Crippen molar-refractivity contribution in [2.24, 2.45) is 5.92 Å². The van der Waals surface area contributed by atoms with Gasteiger partial charge in [-0.2, -0.15) is 0 Å². The molecule has 0 spiro atoms. The molecule has 16 heavy (non-hydrogen) atoms. The van der Waals surface area contributed by atoms with Crippen LogP contribution in [0.3, 0.4) is 0 Å². The predicted molar refractivity (Wildman–Crippen MR) is 60.0 cm³/mol. The molecule has 2 amide bonds. The molecule has 2 atom stereocenters. The molecule has 0 bridgehead atoms. The number of carbonyl (C=O) groups excluding carboxylic acids is 2. The van der Waals surface area contributed by atoms with Crippen LogP contribution in [0.4, 0.5) is 4.79 Å². The standard InChI is InChI=1S/C11H20N2O3/c1-4-6-8-7-11(8,9(14)16-5-2)13-10(15)12-3/h8H,4-7H2,1-3H3,(H2,12,13,15). The van der Waals surface area contributed by atoms with Crippen LogP contribution in [0.2, 0.25) is 0 Å². The molecule has 0 aliphatic heterocycles. The van der Waals surface area contributed by atoms with Crippen LogP contribution in [-0.4, -0.2) is 31.2 Å². The SMILES string of the molecule is CCCC1CC1(NC(=O)NC)C(=O)OCC. The Hall–Kier alpha value is -1.26. The maximum absolute atomic E-state index is 11.8. The number of hydrogen-bond donors (Lipinski definition) is 2. The van der Waals surface area contributed by atoms with E-state index in [1.54, 1.807) is 6.92 Å². The van der Waals surface area contributed by atoms with Crippen LogP contribution >= 0.6 is 0 Å². The van der Waals surface area contributed by atoms with Crippen LogP contribution in [0, 0.1) is 5.92 Å². The van der Waals surface area contributed by atoms with Gasteiger partial charge in [-0.05, 0) is 25.7 Å². The molecular weight excluding hydrogens is 208 g/mol. The van der Waals surface area contributed by atoms with Gasteiger partial charge in [-0.3, -0.25) is 0 Å². The van der Waals surface area contributed by atoms with Gasteiger partial charge in [-0.25, -0.2) is 9.59 Å². The number of carbonyl (C=O) groups is 2. The molecule has 1 fully saturated rings. The molecule has 0 heterocycles. The van der Waals surface area contributed by atoms with Gasteiger partial charge in [-0.1, -0.05) is 13.3 Å². The lowest BCUT2D eigenvalue weighted by Gasteiger charge is -2.17. The van der Waals surface area contributed by atoms with Crippen LogP contribution in [0.1, 0.15) is 33.1 Å². The number of urea groups is 1. The number of nitrogens with one attached hydrogen (secondary N) is 2. The number of ether oxygens (including phenoxy) is 1. The molecule has 92 valence electrons. The molecular formula is C11H20N2O3. The Morgan fingerprint density at radius 2 is 2.12 bits per heavy atom. The lowest BCUT2D eigenvalue weighted by atomic mass is 10.1. The molecule has 5 nitrogen and oxygen atoms in total. The molecule has 0 aromatic heterocycles. The second kappa shape index (κ2) is 5.18. The van der Waals surface area contributed by atoms with E-state index in [2.05, 4.69) is 17.6 Å². The Morgan fingerprint density at radius 3 is 2.62 bits per heavy atom. The Bertz CT molecular complexity index is 280. The highest BCUT2D eigenvalue weighted by Crippen LogP contribution is 2.47. The predicted octanol–water partition coefficient (Wildman–Crippen LogP) is 1.04. The zero-order chi connectivity index (χ0) is 12.2. The van der Waals surface area contributed by atoms with Gasteiger partial charge < -0.3 is 15.4 Å². The van der Waals surface area contributed by atoms with Crippen molar-refractivity contribution in [3.05, 3.63) is 0 Å². The zero-order valence-electron chi connectivity index (χ0n) is 10.1. The van der Waals surface area contributed by atoms with Crippen LogP contribution in [0.25, 0.3) is 0 Å². The molecule has 1 saturated carbocycles. The third-order valence-electron chi connectivity index (χ3n) is 2.95. The van der Waals surface area contributed by atoms with E-state index in [1.807, 2.05) is 0 Å². The molecule has 2 unspecified atom stereocenters. The molecule has 0 radical (unpaired) electrons. The molecule has 0 aromatic carbocycles. The minimum absolute atomic E-state index is 0.217. The second-order valence-corrected chi connectivity index (χ2v) is 4.09. The van der Waals surface area contributed by atoms with Crippen molar-refractivity contribution in [1.82, 2.24) is 10.6 Å². The minimum Gasteiger partial charge on any atom is -0.464 e. The van der Waals surface area contributed by atoms with E-state index in [-0.39, 0.29) is 17.9 Å². The highest BCUT2D eigenvalue weighted by molar-refractivity contribution is 5.90. The summed E-state index contributed by atoms with van der Waals surface area (Å²) in [5, 5.41) is 5.17. The van der Waals surface area contributed by atoms with Crippen molar-refractivity contribution in [2.75, 3.05) is 13.7 Å². The van der Waals surface area contributed by atoms with Crippen LogP contribution in [0.15, 0.2) is 0 Å². The maximum Gasteiger partial charge on any atom is 0.332 e. The summed E-state index contributed by atoms with van der Waals surface area (Å²) >= 11 is 0. The average Bonchev–Trinajstić information content (AvgIpc) is 2.93. The van der Waals surface area contributed by atoms with E-state index in [0.717, 1.165) is 12.8 Å². The maximum atomic E-state index is 11.8. The Kier molecular flexibility index (Phi) is 4.15. The zero-order valence-corrected chi connectivity index (χ0v) is 10.1. The Morgan fingerprint density at radius 1 is 1.44 bits per heavy atom. The first-order valence-corrected chi connectivity index (χ1v) is 5.77. The van der Waals surface area contributed by atoms with Crippen molar-refractivity contribution in [1.29, 1.82) is 0 Å². The molecule has 0 saturated heterocycles. The van der Waals surface area contributed by atoms with Gasteiger partial charge in [0.1, 0.15) is 5.54 Å². The van der Waals surface area contributed by atoms with Gasteiger partial charge in [0, 0.05) is 7.05 Å². The number of rotatable bonds is 5. The third-order valence-corrected chi connectivity index (χ3v) is 2.95. The molecule has 1 rings (SSSR count). The van der Waals surface area contributed by atoms with Crippen molar-refractivity contribution >= 4 is 12.0 Å². The van der Waals surface area contributed by atoms with E-state index in [9.17, 15) is 9.59 Å². The fraction of sp³-hybridized carbons (Fsp3) is 0.818. The van der Waals surface area contributed by atoms with Crippen LogP contribution in [-0.2, 0) is 9.53 Å². The van der Waals surface area contributed by atoms with E-state index in [0.29, 0.717) is 13.0 Å². The topological polar surface area (TPSA) is 67.4 Å². The lowest BCUT2D eigenvalue weighted by molar-refractivity contribution is -0.147. The van der Waals surface area contributed by atoms with Crippen molar-refractivity contribution in [3.63, 3.8) is 0 Å². The van der Waals surface area contributed by atoms with Crippen LogP contribution < -0.4 is 10.6 Å². The summed E-state index contributed by atoms with van der Waals surface area (Å²) < 4.78 is 5.01. The molecule has 5 heteroatoms. The molecule has 1 aliphatic carbocycles. The normalized spacial score (nSPS) is 27.1. The van der Waals surface area contributed by atoms with Gasteiger partial charge in [0.15, 0.2) is 0 Å². The largest absolute Gasteiger partial charge is 0.464 e. The van der Waals surface area contributed by atoms with Gasteiger partial charge in [0.05, 0.1) is 6.61 Å². The highest BCUT2D eigenvalue weighted by atomic mass is 16.5. The average molecular weight is 228 g/mol. The van der Waals surface area contributed by atoms with Gasteiger partial charge in [-0.15, -0.1) is 0 Å².